The van der Waals surface area contributed by atoms with Gasteiger partial charge in [0.25, 0.3) is 0 Å². The zero-order chi connectivity index (χ0) is 18.0. The first kappa shape index (κ1) is 17.5. The first-order valence-corrected chi connectivity index (χ1v) is 9.46. The largest absolute Gasteiger partial charge is 0.326 e. The standard InChI is InChI=1S/C20H22N2O2S/c1-4-18(23)21-16-10-8-15(9-11-16)20-22(19(24)12-25-20)17-7-5-6-13(2)14(17)3/h5-11,20H,4,12H2,1-3H3,(H,21,23)/t20-/m1/s1. The number of aryl methyl sites for hydroxylation is 1. The van der Waals surface area contributed by atoms with E-state index >= 15 is 0 Å². The number of hydrogen-bond donors (Lipinski definition) is 1. The van der Waals surface area contributed by atoms with E-state index in [0.29, 0.717) is 12.2 Å². The fourth-order valence-electron chi connectivity index (χ4n) is 2.91. The summed E-state index contributed by atoms with van der Waals surface area (Å²) in [5.74, 6) is 0.606. The van der Waals surface area contributed by atoms with Crippen molar-refractivity contribution in [1.82, 2.24) is 0 Å². The van der Waals surface area contributed by atoms with Gasteiger partial charge in [0, 0.05) is 17.8 Å². The van der Waals surface area contributed by atoms with Gasteiger partial charge < -0.3 is 5.32 Å². The molecule has 4 nitrogen and oxygen atoms in total. The number of carbonyl (C=O) groups is 2. The van der Waals surface area contributed by atoms with Crippen LogP contribution >= 0.6 is 11.8 Å². The molecular weight excluding hydrogens is 332 g/mol. The molecule has 1 fully saturated rings. The fraction of sp³-hybridized carbons (Fsp3) is 0.300. The van der Waals surface area contributed by atoms with Crippen LogP contribution < -0.4 is 10.2 Å². The molecule has 0 aromatic heterocycles. The third-order valence-corrected chi connectivity index (χ3v) is 5.72. The molecule has 0 aliphatic carbocycles. The van der Waals surface area contributed by atoms with E-state index in [1.807, 2.05) is 48.2 Å². The van der Waals surface area contributed by atoms with Crippen molar-refractivity contribution in [2.45, 2.75) is 32.6 Å². The monoisotopic (exact) mass is 354 g/mol. The Labute approximate surface area is 152 Å². The summed E-state index contributed by atoms with van der Waals surface area (Å²) < 4.78 is 0. The Morgan fingerprint density at radius 2 is 1.92 bits per heavy atom. The van der Waals surface area contributed by atoms with Crippen LogP contribution in [0.25, 0.3) is 0 Å². The Balaban J connectivity index is 1.89. The number of thioether (sulfide) groups is 1. The molecule has 1 N–H and O–H groups in total. The van der Waals surface area contributed by atoms with E-state index in [9.17, 15) is 9.59 Å². The van der Waals surface area contributed by atoms with Gasteiger partial charge in [0.05, 0.1) is 5.75 Å². The van der Waals surface area contributed by atoms with Crippen molar-refractivity contribution in [3.8, 4) is 0 Å². The highest BCUT2D eigenvalue weighted by Crippen LogP contribution is 2.43. The predicted octanol–water partition coefficient (Wildman–Crippen LogP) is 4.43. The van der Waals surface area contributed by atoms with E-state index < -0.39 is 0 Å². The molecule has 3 rings (SSSR count). The number of hydrogen-bond acceptors (Lipinski definition) is 3. The van der Waals surface area contributed by atoms with Crippen LogP contribution in [-0.2, 0) is 9.59 Å². The number of amides is 2. The topological polar surface area (TPSA) is 49.4 Å². The summed E-state index contributed by atoms with van der Waals surface area (Å²) in [7, 11) is 0. The van der Waals surface area contributed by atoms with Crippen LogP contribution in [0, 0.1) is 13.8 Å². The minimum Gasteiger partial charge on any atom is -0.326 e. The third kappa shape index (κ3) is 3.56. The van der Waals surface area contributed by atoms with Crippen molar-refractivity contribution < 1.29 is 9.59 Å². The van der Waals surface area contributed by atoms with Crippen molar-refractivity contribution in [2.24, 2.45) is 0 Å². The van der Waals surface area contributed by atoms with E-state index in [4.69, 9.17) is 0 Å². The quantitative estimate of drug-likeness (QED) is 0.883. The molecule has 1 saturated heterocycles. The van der Waals surface area contributed by atoms with Crippen molar-refractivity contribution in [2.75, 3.05) is 16.0 Å². The van der Waals surface area contributed by atoms with Gasteiger partial charge in [-0.2, -0.15) is 0 Å². The van der Waals surface area contributed by atoms with Gasteiger partial charge in [-0.05, 0) is 48.7 Å². The van der Waals surface area contributed by atoms with Crippen molar-refractivity contribution in [3.05, 3.63) is 59.2 Å². The van der Waals surface area contributed by atoms with Gasteiger partial charge in [-0.25, -0.2) is 0 Å². The number of anilines is 2. The molecular formula is C20H22N2O2S. The maximum absolute atomic E-state index is 12.5. The molecule has 2 amide bonds. The third-order valence-electron chi connectivity index (χ3n) is 4.50. The molecule has 25 heavy (non-hydrogen) atoms. The molecule has 1 heterocycles. The lowest BCUT2D eigenvalue weighted by Crippen LogP contribution is -2.28. The van der Waals surface area contributed by atoms with Gasteiger partial charge >= 0.3 is 0 Å². The number of nitrogens with zero attached hydrogens (tertiary/aromatic N) is 1. The maximum atomic E-state index is 12.5. The lowest BCUT2D eigenvalue weighted by Gasteiger charge is -2.26. The molecule has 1 aliphatic rings. The summed E-state index contributed by atoms with van der Waals surface area (Å²) >= 11 is 1.63. The van der Waals surface area contributed by atoms with Gasteiger partial charge in [0.15, 0.2) is 0 Å². The SMILES string of the molecule is CCC(=O)Nc1ccc([C@H]2SCC(=O)N2c2cccc(C)c2C)cc1. The van der Waals surface area contributed by atoms with Crippen LogP contribution in [0.15, 0.2) is 42.5 Å². The van der Waals surface area contributed by atoms with E-state index in [0.717, 1.165) is 22.5 Å². The van der Waals surface area contributed by atoms with Gasteiger partial charge in [0.2, 0.25) is 11.8 Å². The Bertz CT molecular complexity index is 802. The van der Waals surface area contributed by atoms with Crippen LogP contribution in [0.3, 0.4) is 0 Å². The smallest absolute Gasteiger partial charge is 0.238 e. The molecule has 130 valence electrons. The fourth-order valence-corrected chi connectivity index (χ4v) is 4.08. The minimum absolute atomic E-state index is 0.00446. The molecule has 1 atom stereocenters. The summed E-state index contributed by atoms with van der Waals surface area (Å²) in [5.41, 5.74) is 5.13. The molecule has 1 aliphatic heterocycles. The Kier molecular flexibility index (Phi) is 5.13. The summed E-state index contributed by atoms with van der Waals surface area (Å²) in [6, 6.07) is 13.8. The molecule has 0 unspecified atom stereocenters. The Hall–Kier alpha value is -2.27. The van der Waals surface area contributed by atoms with Crippen LogP contribution in [0.1, 0.15) is 35.4 Å². The second-order valence-corrected chi connectivity index (χ2v) is 7.24. The number of carbonyl (C=O) groups excluding carboxylic acids is 2. The summed E-state index contributed by atoms with van der Waals surface area (Å²) in [6.45, 7) is 5.95. The zero-order valence-corrected chi connectivity index (χ0v) is 15.5. The van der Waals surface area contributed by atoms with Gasteiger partial charge in [-0.1, -0.05) is 31.2 Å². The molecule has 0 spiro atoms. The lowest BCUT2D eigenvalue weighted by atomic mass is 10.1. The van der Waals surface area contributed by atoms with E-state index in [1.54, 1.807) is 11.8 Å². The van der Waals surface area contributed by atoms with Crippen molar-refractivity contribution in [3.63, 3.8) is 0 Å². The summed E-state index contributed by atoms with van der Waals surface area (Å²) in [5, 5.41) is 2.81. The van der Waals surface area contributed by atoms with Crippen LogP contribution in [0.5, 0.6) is 0 Å². The zero-order valence-electron chi connectivity index (χ0n) is 14.7. The number of nitrogens with one attached hydrogen (secondary N) is 1. The molecule has 0 saturated carbocycles. The van der Waals surface area contributed by atoms with Gasteiger partial charge in [-0.3, -0.25) is 14.5 Å². The first-order chi connectivity index (χ1) is 12.0. The number of rotatable bonds is 4. The average molecular weight is 354 g/mol. The molecule has 5 heteroatoms. The normalized spacial score (nSPS) is 17.0. The van der Waals surface area contributed by atoms with E-state index in [1.165, 1.54) is 5.56 Å². The minimum atomic E-state index is -0.0380. The second-order valence-electron chi connectivity index (χ2n) is 6.17. The number of benzene rings is 2. The highest BCUT2D eigenvalue weighted by molar-refractivity contribution is 8.00. The summed E-state index contributed by atoms with van der Waals surface area (Å²) in [4.78, 5) is 25.9. The second kappa shape index (κ2) is 7.31. The van der Waals surface area contributed by atoms with E-state index in [2.05, 4.69) is 25.2 Å². The van der Waals surface area contributed by atoms with Gasteiger partial charge in [-0.15, -0.1) is 11.8 Å². The molecule has 2 aromatic carbocycles. The first-order valence-electron chi connectivity index (χ1n) is 8.41. The van der Waals surface area contributed by atoms with Crippen LogP contribution in [-0.4, -0.2) is 17.6 Å². The van der Waals surface area contributed by atoms with Crippen molar-refractivity contribution in [1.29, 1.82) is 0 Å². The predicted molar refractivity (Wildman–Crippen MR) is 104 cm³/mol. The molecule has 2 aromatic rings. The van der Waals surface area contributed by atoms with Crippen LogP contribution in [0.4, 0.5) is 11.4 Å². The average Bonchev–Trinajstić information content (AvgIpc) is 2.99. The highest BCUT2D eigenvalue weighted by Gasteiger charge is 2.34. The highest BCUT2D eigenvalue weighted by atomic mass is 32.2. The maximum Gasteiger partial charge on any atom is 0.238 e. The molecule has 0 bridgehead atoms. The van der Waals surface area contributed by atoms with Gasteiger partial charge in [0.1, 0.15) is 5.37 Å². The van der Waals surface area contributed by atoms with E-state index in [-0.39, 0.29) is 17.2 Å². The lowest BCUT2D eigenvalue weighted by molar-refractivity contribution is -0.116. The van der Waals surface area contributed by atoms with Crippen molar-refractivity contribution >= 4 is 35.0 Å². The molecule has 0 radical (unpaired) electrons. The Morgan fingerprint density at radius 3 is 2.60 bits per heavy atom. The summed E-state index contributed by atoms with van der Waals surface area (Å²) in [6.07, 6.45) is 0.454. The van der Waals surface area contributed by atoms with Crippen LogP contribution in [0.2, 0.25) is 0 Å². The Morgan fingerprint density at radius 1 is 1.20 bits per heavy atom.